The lowest BCUT2D eigenvalue weighted by Gasteiger charge is -2.20. The van der Waals surface area contributed by atoms with E-state index in [1.165, 1.54) is 30.5 Å². The van der Waals surface area contributed by atoms with Crippen LogP contribution in [0.4, 0.5) is 4.39 Å². The first-order valence-corrected chi connectivity index (χ1v) is 10.6. The topological polar surface area (TPSA) is 76.9 Å². The van der Waals surface area contributed by atoms with Gasteiger partial charge in [0.05, 0.1) is 23.4 Å². The minimum atomic E-state index is -3.89. The molecule has 0 spiro atoms. The molecule has 0 amide bonds. The number of fused-ring (bicyclic) bond motifs is 1. The molecule has 1 atom stereocenters. The van der Waals surface area contributed by atoms with Crippen LogP contribution >= 0.6 is 11.6 Å². The molecule has 2 aromatic heterocycles. The number of hydrogen-bond acceptors (Lipinski definition) is 4. The fraction of sp³-hybridized carbons (Fsp3) is 0.100. The Morgan fingerprint density at radius 3 is 2.52 bits per heavy atom. The normalized spacial score (nSPS) is 12.9. The predicted molar refractivity (Wildman–Crippen MR) is 108 cm³/mol. The second kappa shape index (κ2) is 7.90. The van der Waals surface area contributed by atoms with Crippen LogP contribution in [0.3, 0.4) is 0 Å². The van der Waals surface area contributed by atoms with Crippen LogP contribution in [0.15, 0.2) is 78.1 Å². The Hall–Kier alpha value is -2.81. The minimum Gasteiger partial charge on any atom is -0.329 e. The first-order chi connectivity index (χ1) is 13.9. The summed E-state index contributed by atoms with van der Waals surface area (Å²) >= 11 is 5.76. The van der Waals surface area contributed by atoms with Gasteiger partial charge in [-0.25, -0.2) is 27.5 Å². The van der Waals surface area contributed by atoms with Crippen LogP contribution < -0.4 is 4.72 Å². The van der Waals surface area contributed by atoms with Crippen LogP contribution in [-0.4, -0.2) is 23.0 Å². The lowest BCUT2D eigenvalue weighted by atomic mass is 10.1. The molecule has 29 heavy (non-hydrogen) atoms. The van der Waals surface area contributed by atoms with E-state index in [2.05, 4.69) is 14.7 Å². The van der Waals surface area contributed by atoms with Gasteiger partial charge in [-0.15, -0.1) is 0 Å². The van der Waals surface area contributed by atoms with Gasteiger partial charge >= 0.3 is 0 Å². The lowest BCUT2D eigenvalue weighted by Crippen LogP contribution is -2.31. The van der Waals surface area contributed by atoms with E-state index in [9.17, 15) is 12.8 Å². The summed E-state index contributed by atoms with van der Waals surface area (Å²) in [6.45, 7) is 0.270. The van der Waals surface area contributed by atoms with Crippen molar-refractivity contribution in [2.24, 2.45) is 0 Å². The summed E-state index contributed by atoms with van der Waals surface area (Å²) in [6, 6.07) is 15.4. The molecule has 0 aliphatic carbocycles. The number of aromatic nitrogens is 3. The SMILES string of the molecule is O=S(=O)(NC(Cn1cnc2ccccc21)c1ccc(F)cc1)c1ccc(Cl)nc1. The maximum atomic E-state index is 13.4. The summed E-state index contributed by atoms with van der Waals surface area (Å²) in [5.74, 6) is -0.398. The first kappa shape index (κ1) is 19.5. The molecule has 6 nitrogen and oxygen atoms in total. The second-order valence-electron chi connectivity index (χ2n) is 6.43. The number of imidazole rings is 1. The monoisotopic (exact) mass is 430 g/mol. The zero-order valence-electron chi connectivity index (χ0n) is 15.0. The van der Waals surface area contributed by atoms with E-state index in [0.29, 0.717) is 5.56 Å². The van der Waals surface area contributed by atoms with Gasteiger partial charge in [0.15, 0.2) is 0 Å². The van der Waals surface area contributed by atoms with Crippen LogP contribution in [0.5, 0.6) is 0 Å². The molecule has 2 aromatic carbocycles. The number of nitrogens with one attached hydrogen (secondary N) is 1. The molecular weight excluding hydrogens is 415 g/mol. The van der Waals surface area contributed by atoms with Crippen molar-refractivity contribution < 1.29 is 12.8 Å². The van der Waals surface area contributed by atoms with Crippen molar-refractivity contribution >= 4 is 32.7 Å². The van der Waals surface area contributed by atoms with E-state index in [-0.39, 0.29) is 16.6 Å². The molecule has 0 bridgehead atoms. The highest BCUT2D eigenvalue weighted by molar-refractivity contribution is 7.89. The largest absolute Gasteiger partial charge is 0.329 e. The summed E-state index contributed by atoms with van der Waals surface area (Å²) < 4.78 is 43.7. The van der Waals surface area contributed by atoms with Gasteiger partial charge in [-0.1, -0.05) is 35.9 Å². The van der Waals surface area contributed by atoms with E-state index in [4.69, 9.17) is 11.6 Å². The smallest absolute Gasteiger partial charge is 0.242 e. The molecule has 2 heterocycles. The molecule has 148 valence electrons. The zero-order valence-corrected chi connectivity index (χ0v) is 16.6. The highest BCUT2D eigenvalue weighted by Crippen LogP contribution is 2.22. The third-order valence-corrected chi connectivity index (χ3v) is 6.17. The number of nitrogens with zero attached hydrogens (tertiary/aromatic N) is 3. The number of halogens is 2. The second-order valence-corrected chi connectivity index (χ2v) is 8.53. The summed E-state index contributed by atoms with van der Waals surface area (Å²) in [7, 11) is -3.89. The molecule has 1 N–H and O–H groups in total. The molecule has 0 aliphatic heterocycles. The Morgan fingerprint density at radius 1 is 1.03 bits per heavy atom. The molecule has 0 fully saturated rings. The maximum absolute atomic E-state index is 13.4. The molecule has 4 rings (SSSR count). The Kier molecular flexibility index (Phi) is 5.31. The van der Waals surface area contributed by atoms with Gasteiger partial charge in [0.25, 0.3) is 0 Å². The third-order valence-electron chi connectivity index (χ3n) is 4.49. The quantitative estimate of drug-likeness (QED) is 0.470. The predicted octanol–water partition coefficient (Wildman–Crippen LogP) is 3.94. The number of hydrogen-bond donors (Lipinski definition) is 1. The summed E-state index contributed by atoms with van der Waals surface area (Å²) in [4.78, 5) is 8.17. The number of sulfonamides is 1. The molecule has 0 radical (unpaired) electrons. The highest BCUT2D eigenvalue weighted by Gasteiger charge is 2.23. The van der Waals surface area contributed by atoms with E-state index in [1.54, 1.807) is 18.5 Å². The van der Waals surface area contributed by atoms with Crippen molar-refractivity contribution in [3.63, 3.8) is 0 Å². The number of rotatable bonds is 6. The van der Waals surface area contributed by atoms with Crippen LogP contribution in [-0.2, 0) is 16.6 Å². The Morgan fingerprint density at radius 2 is 1.79 bits per heavy atom. The van der Waals surface area contributed by atoms with Crippen LogP contribution in [0.1, 0.15) is 11.6 Å². The van der Waals surface area contributed by atoms with Gasteiger partial charge in [-0.2, -0.15) is 0 Å². The van der Waals surface area contributed by atoms with E-state index < -0.39 is 21.9 Å². The van der Waals surface area contributed by atoms with Crippen molar-refractivity contribution in [3.05, 3.63) is 89.7 Å². The van der Waals surface area contributed by atoms with Crippen molar-refractivity contribution in [1.82, 2.24) is 19.3 Å². The Bertz CT molecular complexity index is 1240. The molecule has 0 saturated heterocycles. The van der Waals surface area contributed by atoms with Crippen molar-refractivity contribution in [1.29, 1.82) is 0 Å². The van der Waals surface area contributed by atoms with Crippen molar-refractivity contribution in [2.75, 3.05) is 0 Å². The lowest BCUT2D eigenvalue weighted by molar-refractivity contribution is 0.514. The molecule has 9 heteroatoms. The number of pyridine rings is 1. The molecule has 0 aliphatic rings. The van der Waals surface area contributed by atoms with Crippen LogP contribution in [0, 0.1) is 5.82 Å². The summed E-state index contributed by atoms with van der Waals surface area (Å²) in [5, 5.41) is 0.198. The average Bonchev–Trinajstić information content (AvgIpc) is 3.11. The van der Waals surface area contributed by atoms with Gasteiger partial charge in [-0.05, 0) is 42.0 Å². The first-order valence-electron chi connectivity index (χ1n) is 8.71. The van der Waals surface area contributed by atoms with Crippen molar-refractivity contribution in [2.45, 2.75) is 17.5 Å². The van der Waals surface area contributed by atoms with Gasteiger partial charge in [0.2, 0.25) is 10.0 Å². The Labute approximate surface area is 172 Å². The van der Waals surface area contributed by atoms with Gasteiger partial charge in [0, 0.05) is 12.7 Å². The molecule has 1 unspecified atom stereocenters. The third kappa shape index (κ3) is 4.29. The maximum Gasteiger partial charge on any atom is 0.242 e. The van der Waals surface area contributed by atoms with E-state index in [0.717, 1.165) is 11.0 Å². The van der Waals surface area contributed by atoms with Crippen LogP contribution in [0.25, 0.3) is 11.0 Å². The molecule has 4 aromatic rings. The van der Waals surface area contributed by atoms with E-state index in [1.807, 2.05) is 28.8 Å². The fourth-order valence-electron chi connectivity index (χ4n) is 3.03. The Balaban J connectivity index is 1.70. The van der Waals surface area contributed by atoms with Crippen LogP contribution in [0.2, 0.25) is 5.15 Å². The number of benzene rings is 2. The van der Waals surface area contributed by atoms with Gasteiger partial charge in [0.1, 0.15) is 15.9 Å². The standard InChI is InChI=1S/C20H16ClFN4O2S/c21-20-10-9-16(11-23-20)29(27,28)25-18(14-5-7-15(22)8-6-14)12-26-13-24-17-3-1-2-4-19(17)26/h1-11,13,18,25H,12H2. The molecule has 0 saturated carbocycles. The number of para-hydroxylation sites is 2. The average molecular weight is 431 g/mol. The van der Waals surface area contributed by atoms with Gasteiger partial charge < -0.3 is 4.57 Å². The summed E-state index contributed by atoms with van der Waals surface area (Å²) in [5.41, 5.74) is 2.29. The highest BCUT2D eigenvalue weighted by atomic mass is 35.5. The molecular formula is C20H16ClFN4O2S. The zero-order chi connectivity index (χ0) is 20.4. The summed E-state index contributed by atoms with van der Waals surface area (Å²) in [6.07, 6.45) is 2.85. The van der Waals surface area contributed by atoms with E-state index >= 15 is 0 Å². The minimum absolute atomic E-state index is 0.00972. The van der Waals surface area contributed by atoms with Gasteiger partial charge in [-0.3, -0.25) is 0 Å². The fourth-order valence-corrected chi connectivity index (χ4v) is 4.31. The van der Waals surface area contributed by atoms with Crippen molar-refractivity contribution in [3.8, 4) is 0 Å².